The van der Waals surface area contributed by atoms with Crippen LogP contribution in [0, 0.1) is 28.1 Å². The van der Waals surface area contributed by atoms with Crippen LogP contribution in [0.5, 0.6) is 0 Å². The minimum atomic E-state index is -1.95. The molecule has 0 aromatic rings. The molecule has 77 heavy (non-hydrogen) atoms. The largest absolute Gasteiger partial charge is 0.432 e. The highest BCUT2D eigenvalue weighted by Crippen LogP contribution is 2.74. The van der Waals surface area contributed by atoms with Crippen LogP contribution in [0.3, 0.4) is 0 Å². The first-order valence-electron chi connectivity index (χ1n) is 26.7. The summed E-state index contributed by atoms with van der Waals surface area (Å²) in [6.45, 7) is 6.69. The van der Waals surface area contributed by atoms with Gasteiger partial charge < -0.3 is 129 Å². The number of rotatable bonds is 14. The van der Waals surface area contributed by atoms with Crippen LogP contribution in [-0.2, 0) is 52.2 Å². The molecule has 4 saturated carbocycles. The molecule has 1 unspecified atom stereocenters. The number of aliphatic hydroxyl groups is 16. The summed E-state index contributed by atoms with van der Waals surface area (Å²) in [6.07, 6.45) is -38.1. The van der Waals surface area contributed by atoms with E-state index in [0.717, 1.165) is 0 Å². The van der Waals surface area contributed by atoms with Crippen LogP contribution < -0.4 is 0 Å². The highest BCUT2D eigenvalue weighted by Gasteiger charge is 2.70. The predicted octanol–water partition coefficient (Wildman–Crippen LogP) is -6.26. The maximum atomic E-state index is 14.9. The van der Waals surface area contributed by atoms with E-state index >= 15 is 0 Å². The van der Waals surface area contributed by atoms with Crippen molar-refractivity contribution in [3.05, 3.63) is 12.2 Å². The number of aliphatic hydroxyl groups excluding tert-OH is 16. The minimum Gasteiger partial charge on any atom is -0.432 e. The third-order valence-electron chi connectivity index (χ3n) is 19.2. The molecule has 0 radical (unpaired) electrons. The molecular weight excluding hydrogens is 1030 g/mol. The van der Waals surface area contributed by atoms with Gasteiger partial charge in [0.25, 0.3) is 0 Å². The molecule has 5 aliphatic heterocycles. The van der Waals surface area contributed by atoms with E-state index in [1.165, 1.54) is 6.92 Å². The third kappa shape index (κ3) is 10.3. The molecule has 9 fully saturated rings. The highest BCUT2D eigenvalue weighted by molar-refractivity contribution is 5.77. The Morgan fingerprint density at radius 1 is 0.519 bits per heavy atom. The normalized spacial score (nSPS) is 55.1. The number of hydrogen-bond acceptors (Lipinski definition) is 27. The topological polar surface area (TPSA) is 433 Å². The Labute approximate surface area is 443 Å². The average Bonchev–Trinajstić information content (AvgIpc) is 3.68. The van der Waals surface area contributed by atoms with Gasteiger partial charge in [0.05, 0.1) is 43.5 Å². The number of carbonyl (C=O) groups excluding carboxylic acids is 1. The van der Waals surface area contributed by atoms with Crippen molar-refractivity contribution >= 4 is 5.97 Å². The number of esters is 1. The molecule has 4 aliphatic carbocycles. The molecule has 5 saturated heterocycles. The molecule has 0 aromatic carbocycles. The minimum absolute atomic E-state index is 0.0464. The summed E-state index contributed by atoms with van der Waals surface area (Å²) in [5, 5.41) is 171. The fourth-order valence-corrected chi connectivity index (χ4v) is 14.9. The molecule has 5 heterocycles. The SMILES string of the molecule is C=C1C[C@]23CC[C@H]4C(C)(C(=O)O[C@@H]5O[C@H](CO)[C@@H](O)[C@H](O)[C@H]5O[C@@H]5O[C@H](CO)[C@@H](O)[C@H](O)[C@H]5O)CCC[C@]4(C)[C@H]2CC[C@]1(O[C@@H]1O[C@H](CO)[C@@H](O)[C@H](O[C@@H]2O[C@H](CO)[C@@H](O)[C@H](O)[C@H]2O)[C@H]1O[C@@H]1O[C@@H](C)[C@H](O)[C@@H](O)[C@H]1O)C3. The van der Waals surface area contributed by atoms with E-state index in [1.807, 2.05) is 0 Å². The van der Waals surface area contributed by atoms with Crippen LogP contribution >= 0.6 is 0 Å². The summed E-state index contributed by atoms with van der Waals surface area (Å²) in [5.74, 6) is -1.09. The lowest BCUT2D eigenvalue weighted by Gasteiger charge is -2.64. The van der Waals surface area contributed by atoms with Gasteiger partial charge in [0.2, 0.25) is 6.29 Å². The predicted molar refractivity (Wildman–Crippen MR) is 250 cm³/mol. The Morgan fingerprint density at radius 2 is 0.987 bits per heavy atom. The zero-order valence-electron chi connectivity index (χ0n) is 43.1. The maximum absolute atomic E-state index is 14.9. The second-order valence-corrected chi connectivity index (χ2v) is 23.6. The smallest absolute Gasteiger partial charge is 0.314 e. The molecule has 16 N–H and O–H groups in total. The van der Waals surface area contributed by atoms with Crippen LogP contribution in [0.1, 0.15) is 78.6 Å². The van der Waals surface area contributed by atoms with E-state index in [2.05, 4.69) is 13.5 Å². The second kappa shape index (κ2) is 22.8. The summed E-state index contributed by atoms with van der Waals surface area (Å²) >= 11 is 0. The number of fused-ring (bicyclic) bond motifs is 3. The average molecular weight is 1110 g/mol. The van der Waals surface area contributed by atoms with Crippen LogP contribution in [0.4, 0.5) is 0 Å². The first kappa shape index (κ1) is 59.8. The van der Waals surface area contributed by atoms with Gasteiger partial charge in [-0.25, -0.2) is 0 Å². The van der Waals surface area contributed by atoms with Gasteiger partial charge >= 0.3 is 5.97 Å². The van der Waals surface area contributed by atoms with Crippen molar-refractivity contribution in [2.45, 2.75) is 238 Å². The van der Waals surface area contributed by atoms with E-state index in [9.17, 15) is 86.5 Å². The van der Waals surface area contributed by atoms with Gasteiger partial charge in [-0.1, -0.05) is 19.9 Å². The molecule has 0 amide bonds. The number of ether oxygens (including phenoxy) is 10. The fourth-order valence-electron chi connectivity index (χ4n) is 14.9. The summed E-state index contributed by atoms with van der Waals surface area (Å²) in [7, 11) is 0. The Hall–Kier alpha value is -1.79. The quantitative estimate of drug-likeness (QED) is 0.0437. The lowest BCUT2D eigenvalue weighted by Crippen LogP contribution is -2.67. The fraction of sp³-hybridized carbons (Fsp3) is 0.940. The van der Waals surface area contributed by atoms with Crippen molar-refractivity contribution in [3.63, 3.8) is 0 Å². The highest BCUT2D eigenvalue weighted by atomic mass is 16.8. The van der Waals surface area contributed by atoms with Gasteiger partial charge in [0, 0.05) is 0 Å². The van der Waals surface area contributed by atoms with Gasteiger partial charge in [0.15, 0.2) is 31.3 Å². The molecule has 0 aromatic heterocycles. The zero-order valence-corrected chi connectivity index (χ0v) is 43.1. The van der Waals surface area contributed by atoms with Crippen molar-refractivity contribution in [1.82, 2.24) is 0 Å². The monoisotopic (exact) mass is 1110 g/mol. The Balaban J connectivity index is 0.964. The van der Waals surface area contributed by atoms with Crippen LogP contribution in [0.2, 0.25) is 0 Å². The first-order valence-corrected chi connectivity index (χ1v) is 26.7. The summed E-state index contributed by atoms with van der Waals surface area (Å²) < 4.78 is 60.5. The van der Waals surface area contributed by atoms with Crippen molar-refractivity contribution in [2.24, 2.45) is 28.1 Å². The van der Waals surface area contributed by atoms with Crippen LogP contribution in [0.25, 0.3) is 0 Å². The first-order chi connectivity index (χ1) is 36.3. The summed E-state index contributed by atoms with van der Waals surface area (Å²) in [5.41, 5.74) is -2.67. The van der Waals surface area contributed by atoms with E-state index < -0.39 is 208 Å². The summed E-state index contributed by atoms with van der Waals surface area (Å²) in [6, 6.07) is 0. The van der Waals surface area contributed by atoms with Crippen molar-refractivity contribution in [3.8, 4) is 0 Å². The van der Waals surface area contributed by atoms with E-state index in [-0.39, 0.29) is 11.8 Å². The molecular formula is C50H80O27. The molecule has 1 spiro atoms. The van der Waals surface area contributed by atoms with Gasteiger partial charge in [-0.3, -0.25) is 4.79 Å². The van der Waals surface area contributed by atoms with Gasteiger partial charge in [-0.05, 0) is 93.5 Å². The molecule has 9 aliphatic rings. The van der Waals surface area contributed by atoms with Gasteiger partial charge in [0.1, 0.15) is 110 Å². The second-order valence-electron chi connectivity index (χ2n) is 23.6. The standard InChI is InChI=1S/C50H80O27/c1-18-12-49-10-6-24-47(3,8-5-9-48(24,4)46(67)76-44-39(34(63)29(58)22(15-53)71-44)74-43-37(66)33(62)28(57)21(14-52)70-43)25(49)7-11-50(18,17-49)77-45-40(75-41-35(64)31(60)26(55)19(2)68-41)38(30(59)23(16-54)72-45)73-42-36(65)32(61)27(56)20(13-51)69-42/h19-45,51-66H,1,5-17H2,2-4H3/t19-,20+,21+,22+,23+,24+,25+,26-,27+,28+,29+,30+,31+,32-,33-,34-,35+,36+,37+,38-,39+,40+,41-,42-,43-,44-,45-,47-,48?,49-,50-/m0/s1. The molecule has 27 nitrogen and oxygen atoms in total. The Kier molecular flexibility index (Phi) is 17.7. The molecule has 27 heteroatoms. The van der Waals surface area contributed by atoms with Crippen LogP contribution in [-0.4, -0.2) is 273 Å². The van der Waals surface area contributed by atoms with Gasteiger partial charge in [-0.15, -0.1) is 0 Å². The van der Waals surface area contributed by atoms with E-state index in [0.29, 0.717) is 63.4 Å². The van der Waals surface area contributed by atoms with Crippen molar-refractivity contribution in [1.29, 1.82) is 0 Å². The lowest BCUT2D eigenvalue weighted by molar-refractivity contribution is -0.398. The Bertz CT molecular complexity index is 2060. The van der Waals surface area contributed by atoms with Gasteiger partial charge in [-0.2, -0.15) is 0 Å². The molecule has 2 bridgehead atoms. The molecule has 442 valence electrons. The lowest BCUT2D eigenvalue weighted by atomic mass is 9.41. The Morgan fingerprint density at radius 3 is 1.56 bits per heavy atom. The third-order valence-corrected chi connectivity index (χ3v) is 19.2. The molecule has 31 atom stereocenters. The van der Waals surface area contributed by atoms with E-state index in [4.69, 9.17) is 47.4 Å². The van der Waals surface area contributed by atoms with E-state index in [1.54, 1.807) is 6.92 Å². The maximum Gasteiger partial charge on any atom is 0.314 e. The molecule has 9 rings (SSSR count). The van der Waals surface area contributed by atoms with Crippen molar-refractivity contribution in [2.75, 3.05) is 26.4 Å². The number of hydrogen-bond donors (Lipinski definition) is 16. The zero-order chi connectivity index (χ0) is 56.0. The number of carbonyl (C=O) groups is 1. The van der Waals surface area contributed by atoms with Crippen LogP contribution in [0.15, 0.2) is 12.2 Å². The summed E-state index contributed by atoms with van der Waals surface area (Å²) in [4.78, 5) is 14.9. The van der Waals surface area contributed by atoms with Crippen molar-refractivity contribution < 1.29 is 134 Å².